The van der Waals surface area contributed by atoms with Crippen LogP contribution in [0.25, 0.3) is 10.1 Å². The Balaban J connectivity index is 1.06. The third kappa shape index (κ3) is 3.61. The van der Waals surface area contributed by atoms with Gasteiger partial charge in [-0.3, -0.25) is 9.59 Å². The summed E-state index contributed by atoms with van der Waals surface area (Å²) in [4.78, 5) is 30.8. The van der Waals surface area contributed by atoms with Crippen LogP contribution in [-0.4, -0.2) is 59.9 Å². The first kappa shape index (κ1) is 19.9. The van der Waals surface area contributed by atoms with E-state index in [1.807, 2.05) is 40.1 Å². The van der Waals surface area contributed by atoms with E-state index in [9.17, 15) is 9.59 Å². The van der Waals surface area contributed by atoms with E-state index in [0.29, 0.717) is 18.0 Å². The van der Waals surface area contributed by atoms with Gasteiger partial charge in [0.2, 0.25) is 0 Å². The Bertz CT molecular complexity index is 1160. The molecular weight excluding hydrogens is 418 g/mol. The molecule has 2 saturated heterocycles. The number of hydrogen-bond donors (Lipinski definition) is 1. The van der Waals surface area contributed by atoms with Gasteiger partial charge in [-0.2, -0.15) is 0 Å². The van der Waals surface area contributed by atoms with Crippen molar-refractivity contribution in [3.8, 4) is 0 Å². The topological polar surface area (TPSA) is 52.7 Å². The largest absolute Gasteiger partial charge is 0.337 e. The number of thiophene rings is 1. The van der Waals surface area contributed by atoms with Crippen LogP contribution in [0.15, 0.2) is 54.6 Å². The molecule has 0 radical (unpaired) electrons. The summed E-state index contributed by atoms with van der Waals surface area (Å²) in [6.07, 6.45) is 3.36. The molecule has 1 N–H and O–H groups in total. The van der Waals surface area contributed by atoms with Gasteiger partial charge in [-0.25, -0.2) is 0 Å². The zero-order chi connectivity index (χ0) is 21.7. The molecule has 0 unspecified atom stereocenters. The van der Waals surface area contributed by atoms with Gasteiger partial charge in [-0.05, 0) is 54.3 Å². The van der Waals surface area contributed by atoms with Crippen LogP contribution in [0.4, 0.5) is 0 Å². The predicted octanol–water partition coefficient (Wildman–Crippen LogP) is 4.11. The molecule has 2 amide bonds. The van der Waals surface area contributed by atoms with Crippen LogP contribution in [0, 0.1) is 0 Å². The van der Waals surface area contributed by atoms with Crippen LogP contribution in [0.2, 0.25) is 0 Å². The molecule has 1 atom stereocenters. The molecule has 6 heteroatoms. The number of carbonyl (C=O) groups excluding carboxylic acids is 2. The van der Waals surface area contributed by atoms with Crippen molar-refractivity contribution in [1.29, 1.82) is 0 Å². The van der Waals surface area contributed by atoms with Crippen molar-refractivity contribution in [3.05, 3.63) is 70.6 Å². The summed E-state index contributed by atoms with van der Waals surface area (Å²) in [5, 5.41) is 4.95. The molecule has 5 nitrogen and oxygen atoms in total. The first-order chi connectivity index (χ1) is 15.7. The minimum absolute atomic E-state index is 0.109. The summed E-state index contributed by atoms with van der Waals surface area (Å²) in [5.41, 5.74) is 2.04. The molecule has 2 aliphatic heterocycles. The Kier molecular flexibility index (Phi) is 5.00. The number of hydrogen-bond acceptors (Lipinski definition) is 4. The maximum absolute atomic E-state index is 13.3. The molecule has 3 aliphatic rings. The molecular formula is C26H27N3O2S. The fraction of sp³-hybridized carbons (Fsp3) is 0.385. The molecule has 0 bridgehead atoms. The normalized spacial score (nSPS) is 21.2. The Morgan fingerprint density at radius 2 is 1.53 bits per heavy atom. The zero-order valence-electron chi connectivity index (χ0n) is 18.0. The first-order valence-corrected chi connectivity index (χ1v) is 12.4. The molecule has 32 heavy (non-hydrogen) atoms. The van der Waals surface area contributed by atoms with E-state index in [0.717, 1.165) is 43.0 Å². The fourth-order valence-electron chi connectivity index (χ4n) is 5.07. The number of carbonyl (C=O) groups is 2. The molecule has 1 aliphatic carbocycles. The standard InChI is InChI=1S/C26H27N3O2S/c30-25(18-6-2-1-3-7-18)28-13-12-19(14-28)27-20-15-29(16-20)26(31)24-23(17-10-11-17)21-8-4-5-9-22(21)32-24/h1-9,17,19-20,27H,10-16H2/t19-/m0/s1. The van der Waals surface area contributed by atoms with E-state index >= 15 is 0 Å². The van der Waals surface area contributed by atoms with Crippen molar-refractivity contribution < 1.29 is 9.59 Å². The summed E-state index contributed by atoms with van der Waals surface area (Å²) in [5.74, 6) is 0.864. The lowest BCUT2D eigenvalue weighted by atomic mass is 10.0. The number of likely N-dealkylation sites (tertiary alicyclic amines) is 2. The first-order valence-electron chi connectivity index (χ1n) is 11.6. The van der Waals surface area contributed by atoms with Gasteiger partial charge in [0.1, 0.15) is 0 Å². The molecule has 0 spiro atoms. The Hall–Kier alpha value is -2.70. The van der Waals surface area contributed by atoms with Gasteiger partial charge in [0.25, 0.3) is 11.8 Å². The highest BCUT2D eigenvalue weighted by molar-refractivity contribution is 7.21. The van der Waals surface area contributed by atoms with Gasteiger partial charge in [0.05, 0.1) is 4.88 Å². The van der Waals surface area contributed by atoms with Crippen LogP contribution in [0.3, 0.4) is 0 Å². The molecule has 3 fully saturated rings. The highest BCUT2D eigenvalue weighted by atomic mass is 32.1. The maximum Gasteiger partial charge on any atom is 0.264 e. The average Bonchev–Trinajstić information content (AvgIpc) is 3.39. The Morgan fingerprint density at radius 1 is 0.812 bits per heavy atom. The molecule has 3 aromatic rings. The van der Waals surface area contributed by atoms with E-state index < -0.39 is 0 Å². The van der Waals surface area contributed by atoms with Crippen molar-refractivity contribution in [2.45, 2.75) is 37.3 Å². The average molecular weight is 446 g/mol. The third-order valence-corrected chi connectivity index (χ3v) is 8.12. The highest BCUT2D eigenvalue weighted by Gasteiger charge is 2.38. The fourth-order valence-corrected chi connectivity index (χ4v) is 6.33. The van der Waals surface area contributed by atoms with Crippen molar-refractivity contribution >= 4 is 33.2 Å². The minimum Gasteiger partial charge on any atom is -0.337 e. The lowest BCUT2D eigenvalue weighted by molar-refractivity contribution is 0.0556. The summed E-state index contributed by atoms with van der Waals surface area (Å²) in [7, 11) is 0. The van der Waals surface area contributed by atoms with Gasteiger partial charge in [0, 0.05) is 48.5 Å². The third-order valence-electron chi connectivity index (χ3n) is 6.95. The van der Waals surface area contributed by atoms with Gasteiger partial charge >= 0.3 is 0 Å². The van der Waals surface area contributed by atoms with Crippen molar-refractivity contribution in [1.82, 2.24) is 15.1 Å². The van der Waals surface area contributed by atoms with E-state index in [-0.39, 0.29) is 11.8 Å². The summed E-state index contributed by atoms with van der Waals surface area (Å²) >= 11 is 1.66. The lowest BCUT2D eigenvalue weighted by Crippen LogP contribution is -2.62. The molecule has 164 valence electrons. The minimum atomic E-state index is 0.109. The Morgan fingerprint density at radius 3 is 2.31 bits per heavy atom. The Labute approximate surface area is 192 Å². The molecule has 6 rings (SSSR count). The molecule has 2 aromatic carbocycles. The maximum atomic E-state index is 13.3. The number of fused-ring (bicyclic) bond motifs is 1. The van der Waals surface area contributed by atoms with E-state index in [2.05, 4.69) is 29.6 Å². The zero-order valence-corrected chi connectivity index (χ0v) is 18.8. The van der Waals surface area contributed by atoms with Gasteiger partial charge in [-0.15, -0.1) is 11.3 Å². The summed E-state index contributed by atoms with van der Waals surface area (Å²) in [6.45, 7) is 3.02. The summed E-state index contributed by atoms with van der Waals surface area (Å²) < 4.78 is 1.22. The van der Waals surface area contributed by atoms with Gasteiger partial charge in [-0.1, -0.05) is 36.4 Å². The smallest absolute Gasteiger partial charge is 0.264 e. The SMILES string of the molecule is O=C(c1ccccc1)N1CC[C@H](NC2CN(C(=O)c3sc4ccccc4c3C3CC3)C2)C1. The van der Waals surface area contributed by atoms with Crippen LogP contribution in [0.5, 0.6) is 0 Å². The second-order valence-corrected chi connectivity index (χ2v) is 10.3. The number of nitrogens with one attached hydrogen (secondary N) is 1. The van der Waals surface area contributed by atoms with Crippen LogP contribution < -0.4 is 5.32 Å². The molecule has 1 saturated carbocycles. The lowest BCUT2D eigenvalue weighted by Gasteiger charge is -2.41. The monoisotopic (exact) mass is 445 g/mol. The second kappa shape index (κ2) is 8.01. The number of rotatable bonds is 5. The number of nitrogens with zero attached hydrogens (tertiary/aromatic N) is 2. The van der Waals surface area contributed by atoms with Gasteiger partial charge in [0.15, 0.2) is 0 Å². The summed E-state index contributed by atoms with van der Waals surface area (Å²) in [6, 6.07) is 18.5. The molecule has 3 heterocycles. The van der Waals surface area contributed by atoms with E-state index in [4.69, 9.17) is 0 Å². The van der Waals surface area contributed by atoms with Crippen molar-refractivity contribution in [3.63, 3.8) is 0 Å². The van der Waals surface area contributed by atoms with Crippen molar-refractivity contribution in [2.75, 3.05) is 26.2 Å². The van der Waals surface area contributed by atoms with E-state index in [1.165, 1.54) is 28.5 Å². The predicted molar refractivity (Wildman–Crippen MR) is 127 cm³/mol. The second-order valence-electron chi connectivity index (χ2n) is 9.29. The molecule has 1 aromatic heterocycles. The van der Waals surface area contributed by atoms with Crippen LogP contribution in [-0.2, 0) is 0 Å². The van der Waals surface area contributed by atoms with Crippen LogP contribution >= 0.6 is 11.3 Å². The van der Waals surface area contributed by atoms with E-state index in [1.54, 1.807) is 11.3 Å². The quantitative estimate of drug-likeness (QED) is 0.643. The highest BCUT2D eigenvalue weighted by Crippen LogP contribution is 2.48. The van der Waals surface area contributed by atoms with Gasteiger partial charge < -0.3 is 15.1 Å². The van der Waals surface area contributed by atoms with Crippen LogP contribution in [0.1, 0.15) is 50.8 Å². The number of amides is 2. The van der Waals surface area contributed by atoms with Crippen molar-refractivity contribution in [2.24, 2.45) is 0 Å². The number of benzene rings is 2.